The first kappa shape index (κ1) is 8.33. The van der Waals surface area contributed by atoms with E-state index in [4.69, 9.17) is 4.74 Å². The molecular weight excluding hydrogens is 160 g/mol. The van der Waals surface area contributed by atoms with Crippen LogP contribution in [-0.2, 0) is 0 Å². The fourth-order valence-electron chi connectivity index (χ4n) is 0.613. The molecule has 0 aliphatic heterocycles. The third kappa shape index (κ3) is 2.38. The molecule has 60 valence electrons. The molecule has 1 rings (SSSR count). The van der Waals surface area contributed by atoms with Crippen LogP contribution in [0.5, 0.6) is 6.01 Å². The molecule has 0 atom stereocenters. The van der Waals surface area contributed by atoms with E-state index in [0.29, 0.717) is 12.6 Å². The normalized spacial score (nSPS) is 9.64. The van der Waals surface area contributed by atoms with Crippen molar-refractivity contribution in [3.8, 4) is 6.01 Å². The van der Waals surface area contributed by atoms with E-state index in [1.54, 1.807) is 24.2 Å². The van der Waals surface area contributed by atoms with Crippen LogP contribution in [0, 0.1) is 0 Å². The Hall–Kier alpha value is -0.770. The fraction of sp³-hybridized carbons (Fsp3) is 0.429. The Bertz CT molecular complexity index is 212. The van der Waals surface area contributed by atoms with Gasteiger partial charge >= 0.3 is 6.01 Å². The van der Waals surface area contributed by atoms with Crippen molar-refractivity contribution >= 4 is 11.8 Å². The van der Waals surface area contributed by atoms with Gasteiger partial charge in [0, 0.05) is 17.3 Å². The molecule has 0 fully saturated rings. The van der Waals surface area contributed by atoms with Crippen LogP contribution >= 0.6 is 11.8 Å². The van der Waals surface area contributed by atoms with E-state index in [1.165, 1.54) is 0 Å². The van der Waals surface area contributed by atoms with Crippen LogP contribution in [0.1, 0.15) is 6.92 Å². The Balaban J connectivity index is 2.66. The van der Waals surface area contributed by atoms with Gasteiger partial charge in [-0.2, -0.15) is 0 Å². The number of rotatable bonds is 3. The molecule has 0 bridgehead atoms. The van der Waals surface area contributed by atoms with Crippen molar-refractivity contribution in [1.82, 2.24) is 9.97 Å². The van der Waals surface area contributed by atoms with Gasteiger partial charge in [-0.1, -0.05) is 0 Å². The lowest BCUT2D eigenvalue weighted by molar-refractivity contribution is 0.311. The highest BCUT2D eigenvalue weighted by atomic mass is 32.2. The molecule has 11 heavy (non-hydrogen) atoms. The molecule has 4 heteroatoms. The van der Waals surface area contributed by atoms with Crippen molar-refractivity contribution in [2.24, 2.45) is 0 Å². The molecule has 1 heterocycles. The molecule has 0 aliphatic carbocycles. The highest BCUT2D eigenvalue weighted by Gasteiger charge is 1.94. The van der Waals surface area contributed by atoms with Crippen LogP contribution in [-0.4, -0.2) is 22.8 Å². The van der Waals surface area contributed by atoms with Gasteiger partial charge in [0.25, 0.3) is 0 Å². The SMILES string of the molecule is CCOc1ncc(SC)cn1. The second-order valence-corrected chi connectivity index (χ2v) is 2.72. The fourth-order valence-corrected chi connectivity index (χ4v) is 0.930. The quantitative estimate of drug-likeness (QED) is 0.645. The third-order valence-electron chi connectivity index (χ3n) is 1.11. The number of ether oxygens (including phenoxy) is 1. The Labute approximate surface area is 70.2 Å². The molecule has 0 spiro atoms. The molecule has 0 radical (unpaired) electrons. The minimum Gasteiger partial charge on any atom is -0.464 e. The second-order valence-electron chi connectivity index (χ2n) is 1.84. The zero-order valence-electron chi connectivity index (χ0n) is 6.57. The Morgan fingerprint density at radius 2 is 2.09 bits per heavy atom. The molecule has 3 nitrogen and oxygen atoms in total. The molecule has 0 unspecified atom stereocenters. The van der Waals surface area contributed by atoms with E-state index in [0.717, 1.165) is 4.90 Å². The Morgan fingerprint density at radius 1 is 1.45 bits per heavy atom. The van der Waals surface area contributed by atoms with Crippen molar-refractivity contribution < 1.29 is 4.74 Å². The number of thioether (sulfide) groups is 1. The van der Waals surface area contributed by atoms with Gasteiger partial charge in [-0.15, -0.1) is 11.8 Å². The first-order valence-electron chi connectivity index (χ1n) is 3.35. The third-order valence-corrected chi connectivity index (χ3v) is 1.80. The highest BCUT2D eigenvalue weighted by Crippen LogP contribution is 2.12. The zero-order valence-corrected chi connectivity index (χ0v) is 7.39. The lowest BCUT2D eigenvalue weighted by Crippen LogP contribution is -1.96. The predicted molar refractivity (Wildman–Crippen MR) is 45.0 cm³/mol. The summed E-state index contributed by atoms with van der Waals surface area (Å²) in [5.74, 6) is 0. The second kappa shape index (κ2) is 4.18. The molecule has 0 amide bonds. The smallest absolute Gasteiger partial charge is 0.316 e. The van der Waals surface area contributed by atoms with Crippen LogP contribution < -0.4 is 4.74 Å². The van der Waals surface area contributed by atoms with E-state index < -0.39 is 0 Å². The van der Waals surface area contributed by atoms with E-state index in [1.807, 2.05) is 13.2 Å². The van der Waals surface area contributed by atoms with Gasteiger partial charge in [-0.05, 0) is 13.2 Å². The highest BCUT2D eigenvalue weighted by molar-refractivity contribution is 7.98. The summed E-state index contributed by atoms with van der Waals surface area (Å²) in [7, 11) is 0. The standard InChI is InChI=1S/C7H10N2OS/c1-3-10-7-8-4-6(11-2)5-9-7/h4-5H,3H2,1-2H3. The minimum atomic E-state index is 0.449. The topological polar surface area (TPSA) is 35.0 Å². The van der Waals surface area contributed by atoms with Crippen molar-refractivity contribution in [3.05, 3.63) is 12.4 Å². The molecule has 0 aromatic carbocycles. The Morgan fingerprint density at radius 3 is 2.55 bits per heavy atom. The first-order chi connectivity index (χ1) is 5.36. The molecule has 1 aromatic rings. The van der Waals surface area contributed by atoms with Crippen molar-refractivity contribution in [1.29, 1.82) is 0 Å². The van der Waals surface area contributed by atoms with Gasteiger partial charge in [0.2, 0.25) is 0 Å². The summed E-state index contributed by atoms with van der Waals surface area (Å²) in [5, 5.41) is 0. The predicted octanol–water partition coefficient (Wildman–Crippen LogP) is 1.60. The van der Waals surface area contributed by atoms with E-state index in [9.17, 15) is 0 Å². The maximum absolute atomic E-state index is 5.07. The van der Waals surface area contributed by atoms with Crippen molar-refractivity contribution in [2.75, 3.05) is 12.9 Å². The van der Waals surface area contributed by atoms with Gasteiger partial charge in [-0.25, -0.2) is 9.97 Å². The average molecular weight is 170 g/mol. The molecule has 0 aliphatic rings. The maximum atomic E-state index is 5.07. The molecule has 0 saturated carbocycles. The van der Waals surface area contributed by atoms with E-state index >= 15 is 0 Å². The number of aromatic nitrogens is 2. The molecular formula is C7H10N2OS. The summed E-state index contributed by atoms with van der Waals surface area (Å²) >= 11 is 1.62. The van der Waals surface area contributed by atoms with Crippen LogP contribution in [0.2, 0.25) is 0 Å². The molecule has 1 aromatic heterocycles. The number of nitrogens with zero attached hydrogens (tertiary/aromatic N) is 2. The van der Waals surface area contributed by atoms with Crippen LogP contribution in [0.4, 0.5) is 0 Å². The summed E-state index contributed by atoms with van der Waals surface area (Å²) in [6.45, 7) is 2.52. The van der Waals surface area contributed by atoms with Crippen LogP contribution in [0.15, 0.2) is 17.3 Å². The van der Waals surface area contributed by atoms with E-state index in [2.05, 4.69) is 9.97 Å². The first-order valence-corrected chi connectivity index (χ1v) is 4.58. The van der Waals surface area contributed by atoms with Gasteiger partial charge in [0.15, 0.2) is 0 Å². The van der Waals surface area contributed by atoms with Gasteiger partial charge < -0.3 is 4.74 Å². The van der Waals surface area contributed by atoms with E-state index in [-0.39, 0.29) is 0 Å². The zero-order chi connectivity index (χ0) is 8.10. The average Bonchev–Trinajstić information content (AvgIpc) is 2.07. The maximum Gasteiger partial charge on any atom is 0.316 e. The van der Waals surface area contributed by atoms with Crippen LogP contribution in [0.3, 0.4) is 0 Å². The molecule has 0 N–H and O–H groups in total. The summed E-state index contributed by atoms with van der Waals surface area (Å²) in [4.78, 5) is 9.02. The summed E-state index contributed by atoms with van der Waals surface area (Å²) < 4.78 is 5.07. The number of hydrogen-bond acceptors (Lipinski definition) is 4. The lowest BCUT2D eigenvalue weighted by atomic mass is 10.7. The van der Waals surface area contributed by atoms with Gasteiger partial charge in [0.1, 0.15) is 0 Å². The number of hydrogen-bond donors (Lipinski definition) is 0. The Kier molecular flexibility index (Phi) is 3.16. The minimum absolute atomic E-state index is 0.449. The molecule has 0 saturated heterocycles. The summed E-state index contributed by atoms with van der Waals surface area (Å²) in [6, 6.07) is 0.449. The van der Waals surface area contributed by atoms with Crippen LogP contribution in [0.25, 0.3) is 0 Å². The lowest BCUT2D eigenvalue weighted by Gasteiger charge is -1.99. The monoisotopic (exact) mass is 170 g/mol. The summed E-state index contributed by atoms with van der Waals surface area (Å²) in [6.07, 6.45) is 5.49. The van der Waals surface area contributed by atoms with Gasteiger partial charge in [-0.3, -0.25) is 0 Å². The van der Waals surface area contributed by atoms with Crippen molar-refractivity contribution in [3.63, 3.8) is 0 Å². The van der Waals surface area contributed by atoms with Crippen molar-refractivity contribution in [2.45, 2.75) is 11.8 Å². The van der Waals surface area contributed by atoms with Gasteiger partial charge in [0.05, 0.1) is 6.61 Å². The summed E-state index contributed by atoms with van der Waals surface area (Å²) in [5.41, 5.74) is 0. The largest absolute Gasteiger partial charge is 0.464 e.